The number of ketones is 1. The lowest BCUT2D eigenvalue weighted by Gasteiger charge is -2.00. The first-order valence-corrected chi connectivity index (χ1v) is 8.23. The van der Waals surface area contributed by atoms with Crippen molar-refractivity contribution in [2.75, 3.05) is 24.8 Å². The van der Waals surface area contributed by atoms with Gasteiger partial charge in [-0.15, -0.1) is 10.2 Å². The van der Waals surface area contributed by atoms with Gasteiger partial charge in [-0.3, -0.25) is 14.9 Å². The number of rotatable bonds is 7. The maximum absolute atomic E-state index is 12.0. The molecule has 0 saturated heterocycles. The maximum Gasteiger partial charge on any atom is 0.252 e. The normalized spacial score (nSPS) is 10.5. The number of thioether (sulfide) groups is 1. The van der Waals surface area contributed by atoms with Crippen LogP contribution in [0.5, 0.6) is 0 Å². The highest BCUT2D eigenvalue weighted by molar-refractivity contribution is 8.01. The number of hydrogen-bond acceptors (Lipinski definition) is 7. The van der Waals surface area contributed by atoms with Crippen LogP contribution in [0.15, 0.2) is 28.6 Å². The molecule has 22 heavy (non-hydrogen) atoms. The summed E-state index contributed by atoms with van der Waals surface area (Å²) in [5.74, 6) is 0.0278. The molecule has 1 aromatic heterocycles. The third-order valence-electron chi connectivity index (χ3n) is 2.63. The molecule has 0 radical (unpaired) electrons. The Kier molecular flexibility index (Phi) is 6.05. The summed E-state index contributed by atoms with van der Waals surface area (Å²) in [6.45, 7) is 1.94. The smallest absolute Gasteiger partial charge is 0.252 e. The van der Waals surface area contributed by atoms with E-state index in [1.807, 2.05) is 31.2 Å². The first kappa shape index (κ1) is 16.6. The molecule has 2 rings (SSSR count). The third-order valence-corrected chi connectivity index (χ3v) is 4.60. The van der Waals surface area contributed by atoms with Gasteiger partial charge in [-0.05, 0) is 6.92 Å². The van der Waals surface area contributed by atoms with Crippen LogP contribution in [0, 0.1) is 6.92 Å². The van der Waals surface area contributed by atoms with Crippen LogP contribution in [-0.4, -0.2) is 41.4 Å². The largest absolute Gasteiger partial charge is 0.375 e. The molecule has 0 bridgehead atoms. The quantitative estimate of drug-likeness (QED) is 0.475. The summed E-state index contributed by atoms with van der Waals surface area (Å²) in [4.78, 5) is 23.4. The van der Waals surface area contributed by atoms with Gasteiger partial charge >= 0.3 is 0 Å². The predicted octanol–water partition coefficient (Wildman–Crippen LogP) is 2.41. The van der Waals surface area contributed by atoms with Gasteiger partial charge in [0.1, 0.15) is 6.61 Å². The molecular formula is C14H15N3O3S2. The molecule has 1 aromatic carbocycles. The van der Waals surface area contributed by atoms with Crippen LogP contribution in [0.2, 0.25) is 0 Å². The van der Waals surface area contributed by atoms with E-state index in [1.165, 1.54) is 30.2 Å². The first-order valence-electron chi connectivity index (χ1n) is 6.43. The van der Waals surface area contributed by atoms with Crippen molar-refractivity contribution < 1.29 is 14.3 Å². The molecule has 0 saturated carbocycles. The lowest BCUT2D eigenvalue weighted by molar-refractivity contribution is -0.119. The Morgan fingerprint density at radius 3 is 2.68 bits per heavy atom. The summed E-state index contributed by atoms with van der Waals surface area (Å²) >= 11 is 2.53. The van der Waals surface area contributed by atoms with Gasteiger partial charge in [0.05, 0.1) is 5.75 Å². The molecule has 0 spiro atoms. The van der Waals surface area contributed by atoms with E-state index in [1.54, 1.807) is 0 Å². The van der Waals surface area contributed by atoms with Crippen LogP contribution in [0.25, 0.3) is 0 Å². The van der Waals surface area contributed by atoms with Gasteiger partial charge in [0.2, 0.25) is 5.13 Å². The molecule has 8 heteroatoms. The van der Waals surface area contributed by atoms with Crippen molar-refractivity contribution in [3.8, 4) is 0 Å². The van der Waals surface area contributed by atoms with Gasteiger partial charge in [-0.2, -0.15) is 0 Å². The second-order valence-electron chi connectivity index (χ2n) is 4.43. The summed E-state index contributed by atoms with van der Waals surface area (Å²) in [7, 11) is 1.44. The molecule has 0 unspecified atom stereocenters. The highest BCUT2D eigenvalue weighted by Gasteiger charge is 2.11. The summed E-state index contributed by atoms with van der Waals surface area (Å²) in [6.07, 6.45) is 0. The number of aromatic nitrogens is 2. The molecule has 2 aromatic rings. The third kappa shape index (κ3) is 4.90. The number of methoxy groups -OCH3 is 1. The molecule has 1 N–H and O–H groups in total. The Bertz CT molecular complexity index is 656. The Hall–Kier alpha value is -1.77. The fourth-order valence-electron chi connectivity index (χ4n) is 1.56. The van der Waals surface area contributed by atoms with E-state index in [0.29, 0.717) is 15.0 Å². The minimum atomic E-state index is -0.286. The highest BCUT2D eigenvalue weighted by Crippen LogP contribution is 2.26. The van der Waals surface area contributed by atoms with E-state index in [-0.39, 0.29) is 24.1 Å². The number of ether oxygens (including phenoxy) is 1. The van der Waals surface area contributed by atoms with Crippen molar-refractivity contribution in [2.45, 2.75) is 11.3 Å². The topological polar surface area (TPSA) is 81.2 Å². The lowest BCUT2D eigenvalue weighted by atomic mass is 10.1. The molecule has 0 aliphatic carbocycles. The van der Waals surface area contributed by atoms with Gasteiger partial charge in [0.25, 0.3) is 5.91 Å². The minimum absolute atomic E-state index is 0.0326. The minimum Gasteiger partial charge on any atom is -0.375 e. The number of carbonyl (C=O) groups is 2. The molecule has 0 aliphatic rings. The number of amides is 1. The number of benzene rings is 1. The monoisotopic (exact) mass is 337 g/mol. The number of hydrogen-bond donors (Lipinski definition) is 1. The van der Waals surface area contributed by atoms with Gasteiger partial charge in [-0.25, -0.2) is 0 Å². The second-order valence-corrected chi connectivity index (χ2v) is 6.63. The Morgan fingerprint density at radius 1 is 1.27 bits per heavy atom. The average Bonchev–Trinajstić information content (AvgIpc) is 2.93. The molecule has 6 nitrogen and oxygen atoms in total. The van der Waals surface area contributed by atoms with Crippen LogP contribution in [-0.2, 0) is 9.53 Å². The van der Waals surface area contributed by atoms with E-state index in [4.69, 9.17) is 4.74 Å². The number of anilines is 1. The van der Waals surface area contributed by atoms with E-state index in [0.717, 1.165) is 5.56 Å². The summed E-state index contributed by atoms with van der Waals surface area (Å²) in [6, 6.07) is 7.45. The van der Waals surface area contributed by atoms with Crippen molar-refractivity contribution in [3.63, 3.8) is 0 Å². The zero-order chi connectivity index (χ0) is 15.9. The number of Topliss-reactive ketones (excluding diaryl/α,β-unsaturated/α-hetero) is 1. The van der Waals surface area contributed by atoms with E-state index in [9.17, 15) is 9.59 Å². The van der Waals surface area contributed by atoms with Gasteiger partial charge in [0.15, 0.2) is 10.1 Å². The van der Waals surface area contributed by atoms with Crippen LogP contribution >= 0.6 is 23.1 Å². The van der Waals surface area contributed by atoms with E-state index >= 15 is 0 Å². The predicted molar refractivity (Wildman–Crippen MR) is 86.6 cm³/mol. The molecule has 1 amide bonds. The standard InChI is InChI=1S/C14H15N3O3S2/c1-9-3-5-10(6-4-9)11(18)8-21-14-17-16-13(22-14)15-12(19)7-20-2/h3-6H,7-8H2,1-2H3,(H,15,16,19). The average molecular weight is 337 g/mol. The summed E-state index contributed by atoms with van der Waals surface area (Å²) in [5, 5.41) is 10.7. The molecule has 0 aliphatic heterocycles. The first-order chi connectivity index (χ1) is 10.6. The SMILES string of the molecule is COCC(=O)Nc1nnc(SCC(=O)c2ccc(C)cc2)s1. The summed E-state index contributed by atoms with van der Waals surface area (Å²) in [5.41, 5.74) is 1.79. The zero-order valence-electron chi connectivity index (χ0n) is 12.2. The van der Waals surface area contributed by atoms with Gasteiger partial charge in [0, 0.05) is 12.7 Å². The van der Waals surface area contributed by atoms with Crippen LogP contribution in [0.1, 0.15) is 15.9 Å². The number of aryl methyl sites for hydroxylation is 1. The van der Waals surface area contributed by atoms with E-state index < -0.39 is 0 Å². The van der Waals surface area contributed by atoms with Crippen LogP contribution in [0.3, 0.4) is 0 Å². The fraction of sp³-hybridized carbons (Fsp3) is 0.286. The Morgan fingerprint density at radius 2 is 2.00 bits per heavy atom. The molecular weight excluding hydrogens is 322 g/mol. The van der Waals surface area contributed by atoms with Crippen molar-refractivity contribution in [1.82, 2.24) is 10.2 Å². The molecule has 0 atom stereocenters. The Labute approximate surface area is 136 Å². The summed E-state index contributed by atoms with van der Waals surface area (Å²) < 4.78 is 5.35. The second kappa shape index (κ2) is 8.02. The highest BCUT2D eigenvalue weighted by atomic mass is 32.2. The zero-order valence-corrected chi connectivity index (χ0v) is 13.8. The number of nitrogens with zero attached hydrogens (tertiary/aromatic N) is 2. The van der Waals surface area contributed by atoms with Crippen molar-refractivity contribution in [3.05, 3.63) is 35.4 Å². The number of nitrogens with one attached hydrogen (secondary N) is 1. The van der Waals surface area contributed by atoms with E-state index in [2.05, 4.69) is 15.5 Å². The Balaban J connectivity index is 1.86. The van der Waals surface area contributed by atoms with Crippen LogP contribution in [0.4, 0.5) is 5.13 Å². The van der Waals surface area contributed by atoms with Gasteiger partial charge in [-0.1, -0.05) is 52.9 Å². The molecule has 116 valence electrons. The van der Waals surface area contributed by atoms with Gasteiger partial charge < -0.3 is 4.74 Å². The van der Waals surface area contributed by atoms with Crippen molar-refractivity contribution in [1.29, 1.82) is 0 Å². The molecule has 1 heterocycles. The fourth-order valence-corrected chi connectivity index (χ4v) is 3.22. The molecule has 0 fully saturated rings. The van der Waals surface area contributed by atoms with Crippen molar-refractivity contribution in [2.24, 2.45) is 0 Å². The lowest BCUT2D eigenvalue weighted by Crippen LogP contribution is -2.16. The van der Waals surface area contributed by atoms with Crippen molar-refractivity contribution >= 4 is 39.9 Å². The number of carbonyl (C=O) groups excluding carboxylic acids is 2. The van der Waals surface area contributed by atoms with Crippen LogP contribution < -0.4 is 5.32 Å². The maximum atomic E-state index is 12.0.